The zero-order chi connectivity index (χ0) is 13.5. The molecule has 0 bridgehead atoms. The van der Waals surface area contributed by atoms with Crippen molar-refractivity contribution >= 4 is 46.9 Å². The van der Waals surface area contributed by atoms with Crippen molar-refractivity contribution in [2.75, 3.05) is 13.7 Å². The van der Waals surface area contributed by atoms with Crippen LogP contribution in [0.1, 0.15) is 5.56 Å². The molecule has 0 atom stereocenters. The molecule has 19 heavy (non-hydrogen) atoms. The van der Waals surface area contributed by atoms with Crippen molar-refractivity contribution in [2.45, 2.75) is 6.42 Å². The summed E-state index contributed by atoms with van der Waals surface area (Å²) in [6.45, 7) is 0.500. The normalized spacial score (nSPS) is 10.5. The second kappa shape index (κ2) is 8.81. The zero-order valence-electron chi connectivity index (χ0n) is 10.5. The fraction of sp³-hybridized carbons (Fsp3) is 0.273. The van der Waals surface area contributed by atoms with E-state index in [2.05, 4.69) is 32.6 Å². The summed E-state index contributed by atoms with van der Waals surface area (Å²) < 4.78 is 6.42. The lowest BCUT2D eigenvalue weighted by Gasteiger charge is -2.07. The van der Waals surface area contributed by atoms with Gasteiger partial charge >= 0.3 is 0 Å². The standard InChI is InChI=1S/C11H16IN5O.ClH/c1-18-9-6-8(12)3-2-7(9)4-5-16-11(15)17-10(13)14;/h2-3,6H,4-5H2,1H3,(H6,13,14,15,16,17);1H. The van der Waals surface area contributed by atoms with Gasteiger partial charge in [0.2, 0.25) is 5.96 Å². The lowest BCUT2D eigenvalue weighted by Crippen LogP contribution is -2.26. The van der Waals surface area contributed by atoms with E-state index < -0.39 is 0 Å². The minimum Gasteiger partial charge on any atom is -0.496 e. The monoisotopic (exact) mass is 397 g/mol. The molecule has 0 spiro atoms. The van der Waals surface area contributed by atoms with Crippen LogP contribution in [0.2, 0.25) is 0 Å². The van der Waals surface area contributed by atoms with E-state index in [0.717, 1.165) is 14.9 Å². The van der Waals surface area contributed by atoms with Gasteiger partial charge in [-0.15, -0.1) is 12.4 Å². The van der Waals surface area contributed by atoms with Gasteiger partial charge in [-0.05, 0) is 46.7 Å². The molecular formula is C11H17ClIN5O. The van der Waals surface area contributed by atoms with Crippen LogP contribution >= 0.6 is 35.0 Å². The Morgan fingerprint density at radius 3 is 2.58 bits per heavy atom. The van der Waals surface area contributed by atoms with Gasteiger partial charge < -0.3 is 21.9 Å². The van der Waals surface area contributed by atoms with E-state index in [1.54, 1.807) is 7.11 Å². The zero-order valence-corrected chi connectivity index (χ0v) is 13.4. The fourth-order valence-electron chi connectivity index (χ4n) is 1.38. The molecule has 0 aliphatic rings. The van der Waals surface area contributed by atoms with Crippen LogP contribution in [-0.4, -0.2) is 25.6 Å². The first-order valence-corrected chi connectivity index (χ1v) is 6.32. The van der Waals surface area contributed by atoms with Gasteiger partial charge in [0.05, 0.1) is 7.11 Å². The molecule has 0 aromatic heterocycles. The predicted octanol–water partition coefficient (Wildman–Crippen LogP) is 0.852. The van der Waals surface area contributed by atoms with E-state index in [-0.39, 0.29) is 24.3 Å². The molecule has 1 aromatic carbocycles. The van der Waals surface area contributed by atoms with Gasteiger partial charge in [-0.1, -0.05) is 6.07 Å². The number of nitrogens with zero attached hydrogens (tertiary/aromatic N) is 2. The number of hydrogen-bond donors (Lipinski definition) is 3. The van der Waals surface area contributed by atoms with Crippen molar-refractivity contribution in [2.24, 2.45) is 27.2 Å². The molecule has 6 N–H and O–H groups in total. The number of ether oxygens (including phenoxy) is 1. The molecule has 8 heteroatoms. The van der Waals surface area contributed by atoms with Crippen molar-refractivity contribution in [3.8, 4) is 5.75 Å². The van der Waals surface area contributed by atoms with Crippen molar-refractivity contribution in [3.05, 3.63) is 27.3 Å². The number of halogens is 2. The van der Waals surface area contributed by atoms with Crippen LogP contribution < -0.4 is 21.9 Å². The predicted molar refractivity (Wildman–Crippen MR) is 89.0 cm³/mol. The molecular weight excluding hydrogens is 381 g/mol. The van der Waals surface area contributed by atoms with Gasteiger partial charge in [-0.3, -0.25) is 4.99 Å². The molecule has 0 aliphatic carbocycles. The van der Waals surface area contributed by atoms with E-state index >= 15 is 0 Å². The molecule has 0 saturated heterocycles. The fourth-order valence-corrected chi connectivity index (χ4v) is 1.85. The molecule has 0 fully saturated rings. The summed E-state index contributed by atoms with van der Waals surface area (Å²) in [5, 5.41) is 0. The Hall–Kier alpha value is -1.22. The number of aliphatic imine (C=N–C) groups is 2. The summed E-state index contributed by atoms with van der Waals surface area (Å²) in [6, 6.07) is 5.99. The maximum atomic E-state index is 5.50. The summed E-state index contributed by atoms with van der Waals surface area (Å²) >= 11 is 2.23. The Kier molecular flexibility index (Phi) is 8.24. The first kappa shape index (κ1) is 17.8. The van der Waals surface area contributed by atoms with E-state index in [1.807, 2.05) is 18.2 Å². The minimum atomic E-state index is -0.0944. The molecule has 0 amide bonds. The number of nitrogens with two attached hydrogens (primary N) is 3. The molecule has 0 aliphatic heterocycles. The van der Waals surface area contributed by atoms with Crippen molar-refractivity contribution in [1.29, 1.82) is 0 Å². The van der Waals surface area contributed by atoms with Crippen LogP contribution in [0, 0.1) is 3.57 Å². The second-order valence-corrected chi connectivity index (χ2v) is 4.73. The minimum absolute atomic E-state index is 0. The molecule has 0 saturated carbocycles. The highest BCUT2D eigenvalue weighted by molar-refractivity contribution is 14.1. The van der Waals surface area contributed by atoms with Gasteiger partial charge in [0, 0.05) is 10.1 Å². The molecule has 106 valence electrons. The Balaban J connectivity index is 0.00000324. The quantitative estimate of drug-likeness (QED) is 0.397. The van der Waals surface area contributed by atoms with Gasteiger partial charge in [0.25, 0.3) is 0 Å². The van der Waals surface area contributed by atoms with Gasteiger partial charge in [-0.2, -0.15) is 4.99 Å². The van der Waals surface area contributed by atoms with Crippen LogP contribution in [0.15, 0.2) is 28.2 Å². The van der Waals surface area contributed by atoms with Gasteiger partial charge in [0.1, 0.15) is 5.75 Å². The van der Waals surface area contributed by atoms with E-state index in [4.69, 9.17) is 21.9 Å². The van der Waals surface area contributed by atoms with Crippen LogP contribution in [0.3, 0.4) is 0 Å². The third-order valence-corrected chi connectivity index (χ3v) is 2.82. The van der Waals surface area contributed by atoms with Crippen LogP contribution in [0.5, 0.6) is 5.75 Å². The highest BCUT2D eigenvalue weighted by Crippen LogP contribution is 2.21. The van der Waals surface area contributed by atoms with E-state index in [9.17, 15) is 0 Å². The number of rotatable bonds is 4. The third kappa shape index (κ3) is 6.48. The van der Waals surface area contributed by atoms with Crippen molar-refractivity contribution < 1.29 is 4.74 Å². The summed E-state index contributed by atoms with van der Waals surface area (Å²) in [6.07, 6.45) is 0.709. The highest BCUT2D eigenvalue weighted by Gasteiger charge is 2.03. The number of hydrogen-bond acceptors (Lipinski definition) is 2. The SMILES string of the molecule is COc1cc(I)ccc1CCN=C(N)N=C(N)N.Cl. The molecule has 0 radical (unpaired) electrons. The van der Waals surface area contributed by atoms with Crippen molar-refractivity contribution in [3.63, 3.8) is 0 Å². The Labute approximate surface area is 132 Å². The Morgan fingerprint density at radius 1 is 1.32 bits per heavy atom. The molecule has 6 nitrogen and oxygen atoms in total. The first-order valence-electron chi connectivity index (χ1n) is 5.25. The summed E-state index contributed by atoms with van der Waals surface area (Å²) in [5.41, 5.74) is 16.9. The maximum absolute atomic E-state index is 5.50. The number of benzene rings is 1. The first-order chi connectivity index (χ1) is 8.52. The van der Waals surface area contributed by atoms with Crippen LogP contribution in [-0.2, 0) is 6.42 Å². The lowest BCUT2D eigenvalue weighted by atomic mass is 10.1. The summed E-state index contributed by atoms with van der Waals surface area (Å²) in [7, 11) is 1.64. The number of guanidine groups is 2. The molecule has 1 rings (SSSR count). The number of methoxy groups -OCH3 is 1. The van der Waals surface area contributed by atoms with E-state index in [1.165, 1.54) is 0 Å². The highest BCUT2D eigenvalue weighted by atomic mass is 127. The third-order valence-electron chi connectivity index (χ3n) is 2.15. The van der Waals surface area contributed by atoms with Crippen molar-refractivity contribution in [1.82, 2.24) is 0 Å². The van der Waals surface area contributed by atoms with E-state index in [0.29, 0.717) is 13.0 Å². The summed E-state index contributed by atoms with van der Waals surface area (Å²) in [4.78, 5) is 7.68. The average Bonchev–Trinajstić information content (AvgIpc) is 2.30. The average molecular weight is 398 g/mol. The Bertz CT molecular complexity index is 474. The topological polar surface area (TPSA) is 112 Å². The van der Waals surface area contributed by atoms with Crippen LogP contribution in [0.25, 0.3) is 0 Å². The van der Waals surface area contributed by atoms with Gasteiger partial charge in [0.15, 0.2) is 5.96 Å². The van der Waals surface area contributed by atoms with Crippen LogP contribution in [0.4, 0.5) is 0 Å². The lowest BCUT2D eigenvalue weighted by molar-refractivity contribution is 0.409. The largest absolute Gasteiger partial charge is 0.496 e. The van der Waals surface area contributed by atoms with Gasteiger partial charge in [-0.25, -0.2) is 0 Å². The second-order valence-electron chi connectivity index (χ2n) is 3.48. The smallest absolute Gasteiger partial charge is 0.218 e. The summed E-state index contributed by atoms with van der Waals surface area (Å²) in [5.74, 6) is 0.833. The Morgan fingerprint density at radius 2 is 2.00 bits per heavy atom. The molecule has 0 heterocycles. The maximum Gasteiger partial charge on any atom is 0.218 e. The molecule has 0 unspecified atom stereocenters. The molecule has 1 aromatic rings.